The smallest absolute Gasteiger partial charge is 0.229 e. The fourth-order valence-corrected chi connectivity index (χ4v) is 4.64. The second kappa shape index (κ2) is 10.6. The molecule has 1 aromatic carbocycles. The summed E-state index contributed by atoms with van der Waals surface area (Å²) in [5.74, 6) is 1.03. The van der Waals surface area contributed by atoms with Crippen molar-refractivity contribution in [2.45, 2.75) is 98.8 Å². The number of hydrogen-bond donors (Lipinski definition) is 0. The number of hydrogen-bond acceptors (Lipinski definition) is 4. The molecule has 0 aliphatic carbocycles. The lowest BCUT2D eigenvalue weighted by atomic mass is 9.64. The molecule has 1 fully saturated rings. The summed E-state index contributed by atoms with van der Waals surface area (Å²) in [6, 6.07) is 7.65. The van der Waals surface area contributed by atoms with Gasteiger partial charge in [0.2, 0.25) is 11.8 Å². The van der Waals surface area contributed by atoms with Gasteiger partial charge in [0.25, 0.3) is 0 Å². The molecule has 5 heteroatoms. The minimum absolute atomic E-state index is 0.0637. The molecule has 0 bridgehead atoms. The van der Waals surface area contributed by atoms with E-state index in [0.29, 0.717) is 25.3 Å². The molecule has 1 saturated heterocycles. The van der Waals surface area contributed by atoms with E-state index in [4.69, 9.17) is 9.47 Å². The fraction of sp³-hybridized carbons (Fsp3) is 0.692. The van der Waals surface area contributed by atoms with Crippen molar-refractivity contribution < 1.29 is 19.1 Å². The molecule has 5 nitrogen and oxygen atoms in total. The number of imide groups is 1. The van der Waals surface area contributed by atoms with Crippen LogP contribution in [0.15, 0.2) is 24.3 Å². The van der Waals surface area contributed by atoms with Gasteiger partial charge in [-0.25, -0.2) is 0 Å². The molecule has 31 heavy (non-hydrogen) atoms. The van der Waals surface area contributed by atoms with E-state index < -0.39 is 0 Å². The van der Waals surface area contributed by atoms with E-state index >= 15 is 0 Å². The zero-order valence-corrected chi connectivity index (χ0v) is 20.5. The maximum Gasteiger partial charge on any atom is 0.229 e. The van der Waals surface area contributed by atoms with Gasteiger partial charge in [0.1, 0.15) is 5.75 Å². The van der Waals surface area contributed by atoms with Crippen molar-refractivity contribution in [3.8, 4) is 5.75 Å². The van der Waals surface area contributed by atoms with Crippen molar-refractivity contribution in [2.24, 2.45) is 11.3 Å². The highest BCUT2D eigenvalue weighted by molar-refractivity contribution is 5.95. The zero-order chi connectivity index (χ0) is 23.2. The lowest BCUT2D eigenvalue weighted by Gasteiger charge is -2.48. The van der Waals surface area contributed by atoms with Gasteiger partial charge in [-0.05, 0) is 76.0 Å². The number of carbonyl (C=O) groups is 2. The molecule has 1 heterocycles. The molecule has 1 atom stereocenters. The minimum atomic E-state index is -0.176. The van der Waals surface area contributed by atoms with Gasteiger partial charge in [-0.15, -0.1) is 0 Å². The van der Waals surface area contributed by atoms with Crippen LogP contribution in [0.4, 0.5) is 0 Å². The standard InChI is InChI=1S/C26H41NO4/c1-8-23(28)27(17-21-9-11-22(12-10-21)31-20(4)5)24(29)13-14-26(19(2)3)15-16-30-25(6,7)18-26/h9-12,19-20H,8,13-18H2,1-7H3/t26-/m0/s1. The summed E-state index contributed by atoms with van der Waals surface area (Å²) in [5, 5.41) is 0. The SMILES string of the molecule is CCC(=O)N(Cc1ccc(OC(C)C)cc1)C(=O)CC[C@]1(C(C)C)CCOC(C)(C)C1. The van der Waals surface area contributed by atoms with Crippen molar-refractivity contribution >= 4 is 11.8 Å². The number of carbonyl (C=O) groups excluding carboxylic acids is 2. The summed E-state index contributed by atoms with van der Waals surface area (Å²) in [6.07, 6.45) is 3.48. The van der Waals surface area contributed by atoms with Crippen LogP contribution >= 0.6 is 0 Å². The molecule has 1 aromatic rings. The van der Waals surface area contributed by atoms with Crippen LogP contribution in [-0.4, -0.2) is 35.0 Å². The Bertz CT molecular complexity index is 738. The summed E-state index contributed by atoms with van der Waals surface area (Å²) in [6.45, 7) is 15.5. The molecule has 2 rings (SSSR count). The normalized spacial score (nSPS) is 20.7. The van der Waals surface area contributed by atoms with E-state index in [1.165, 1.54) is 4.90 Å². The van der Waals surface area contributed by atoms with Crippen molar-refractivity contribution in [1.29, 1.82) is 0 Å². The summed E-state index contributed by atoms with van der Waals surface area (Å²) in [5.41, 5.74) is 0.815. The van der Waals surface area contributed by atoms with Crippen LogP contribution in [0.2, 0.25) is 0 Å². The molecular formula is C26H41NO4. The van der Waals surface area contributed by atoms with Crippen LogP contribution in [-0.2, 0) is 20.9 Å². The van der Waals surface area contributed by atoms with Gasteiger partial charge in [-0.2, -0.15) is 0 Å². The number of nitrogens with zero attached hydrogens (tertiary/aromatic N) is 1. The van der Waals surface area contributed by atoms with Crippen molar-refractivity contribution in [2.75, 3.05) is 6.61 Å². The fourth-order valence-electron chi connectivity index (χ4n) is 4.64. The topological polar surface area (TPSA) is 55.8 Å². The van der Waals surface area contributed by atoms with Crippen molar-refractivity contribution in [3.05, 3.63) is 29.8 Å². The molecule has 0 unspecified atom stereocenters. The molecular weight excluding hydrogens is 390 g/mol. The number of rotatable bonds is 9. The first kappa shape index (κ1) is 25.4. The Balaban J connectivity index is 2.09. The Hall–Kier alpha value is -1.88. The third-order valence-corrected chi connectivity index (χ3v) is 6.47. The molecule has 0 N–H and O–H groups in total. The number of amides is 2. The van der Waals surface area contributed by atoms with E-state index in [1.807, 2.05) is 38.1 Å². The van der Waals surface area contributed by atoms with Crippen LogP contribution in [0.25, 0.3) is 0 Å². The van der Waals surface area contributed by atoms with Gasteiger partial charge >= 0.3 is 0 Å². The van der Waals surface area contributed by atoms with Crippen LogP contribution in [0.1, 0.15) is 86.1 Å². The summed E-state index contributed by atoms with van der Waals surface area (Å²) >= 11 is 0. The average molecular weight is 432 g/mol. The highest BCUT2D eigenvalue weighted by atomic mass is 16.5. The Labute approximate surface area is 188 Å². The highest BCUT2D eigenvalue weighted by Gasteiger charge is 2.43. The van der Waals surface area contributed by atoms with E-state index in [0.717, 1.165) is 37.2 Å². The molecule has 0 radical (unpaired) electrons. The van der Waals surface area contributed by atoms with E-state index in [9.17, 15) is 9.59 Å². The zero-order valence-electron chi connectivity index (χ0n) is 20.5. The molecule has 1 aliphatic heterocycles. The third kappa shape index (κ3) is 7.06. The first-order valence-corrected chi connectivity index (χ1v) is 11.7. The number of ether oxygens (including phenoxy) is 2. The average Bonchev–Trinajstić information content (AvgIpc) is 2.69. The van der Waals surface area contributed by atoms with Gasteiger partial charge in [-0.1, -0.05) is 32.9 Å². The van der Waals surface area contributed by atoms with E-state index in [1.54, 1.807) is 6.92 Å². The van der Waals surface area contributed by atoms with Crippen LogP contribution in [0.5, 0.6) is 5.75 Å². The van der Waals surface area contributed by atoms with Crippen molar-refractivity contribution in [3.63, 3.8) is 0 Å². The Morgan fingerprint density at radius 2 is 1.74 bits per heavy atom. The predicted octanol–water partition coefficient (Wildman–Crippen LogP) is 5.75. The summed E-state index contributed by atoms with van der Waals surface area (Å²) < 4.78 is 11.6. The summed E-state index contributed by atoms with van der Waals surface area (Å²) in [7, 11) is 0. The van der Waals surface area contributed by atoms with Crippen LogP contribution < -0.4 is 4.74 Å². The Morgan fingerprint density at radius 1 is 1.10 bits per heavy atom. The second-order valence-electron chi connectivity index (χ2n) is 10.1. The Morgan fingerprint density at radius 3 is 2.26 bits per heavy atom. The van der Waals surface area contributed by atoms with Crippen LogP contribution in [0.3, 0.4) is 0 Å². The predicted molar refractivity (Wildman–Crippen MR) is 124 cm³/mol. The first-order chi connectivity index (χ1) is 14.5. The molecule has 0 spiro atoms. The van der Waals surface area contributed by atoms with Gasteiger partial charge < -0.3 is 9.47 Å². The minimum Gasteiger partial charge on any atom is -0.491 e. The monoisotopic (exact) mass is 431 g/mol. The second-order valence-corrected chi connectivity index (χ2v) is 10.1. The maximum absolute atomic E-state index is 13.2. The first-order valence-electron chi connectivity index (χ1n) is 11.7. The largest absolute Gasteiger partial charge is 0.491 e. The maximum atomic E-state index is 13.2. The molecule has 174 valence electrons. The van der Waals surface area contributed by atoms with Gasteiger partial charge in [0.05, 0.1) is 18.2 Å². The summed E-state index contributed by atoms with van der Waals surface area (Å²) in [4.78, 5) is 27.2. The Kier molecular flexibility index (Phi) is 8.70. The van der Waals surface area contributed by atoms with Gasteiger partial charge in [-0.3, -0.25) is 14.5 Å². The lowest BCUT2D eigenvalue weighted by Crippen LogP contribution is -2.45. The lowest BCUT2D eigenvalue weighted by molar-refractivity contribution is -0.148. The van der Waals surface area contributed by atoms with Gasteiger partial charge in [0.15, 0.2) is 0 Å². The molecule has 0 saturated carbocycles. The molecule has 0 aromatic heterocycles. The van der Waals surface area contributed by atoms with Gasteiger partial charge in [0, 0.05) is 19.4 Å². The third-order valence-electron chi connectivity index (χ3n) is 6.47. The van der Waals surface area contributed by atoms with Crippen LogP contribution in [0, 0.1) is 11.3 Å². The molecule has 1 aliphatic rings. The highest BCUT2D eigenvalue weighted by Crippen LogP contribution is 2.47. The van der Waals surface area contributed by atoms with E-state index in [2.05, 4.69) is 27.7 Å². The number of benzene rings is 1. The molecule has 2 amide bonds. The van der Waals surface area contributed by atoms with E-state index in [-0.39, 0.29) is 28.9 Å². The van der Waals surface area contributed by atoms with Crippen molar-refractivity contribution in [1.82, 2.24) is 4.90 Å². The quantitative estimate of drug-likeness (QED) is 0.499.